The summed E-state index contributed by atoms with van der Waals surface area (Å²) in [6, 6.07) is 12.8. The molecule has 2 aromatic rings. The van der Waals surface area contributed by atoms with Crippen LogP contribution in [0, 0.1) is 0 Å². The van der Waals surface area contributed by atoms with Crippen molar-refractivity contribution < 1.29 is 19.0 Å². The fourth-order valence-electron chi connectivity index (χ4n) is 1.91. The molecule has 0 fully saturated rings. The number of rotatable bonds is 7. The Kier molecular flexibility index (Phi) is 5.21. The highest BCUT2D eigenvalue weighted by Crippen LogP contribution is 2.29. The van der Waals surface area contributed by atoms with Crippen molar-refractivity contribution in [2.45, 2.75) is 13.5 Å². The molecule has 110 valence electrons. The first-order valence-corrected chi connectivity index (χ1v) is 6.74. The normalized spacial score (nSPS) is 10.0. The lowest BCUT2D eigenvalue weighted by atomic mass is 10.2. The van der Waals surface area contributed by atoms with E-state index >= 15 is 0 Å². The number of ether oxygens (including phenoxy) is 3. The predicted molar refractivity (Wildman–Crippen MR) is 80.3 cm³/mol. The summed E-state index contributed by atoms with van der Waals surface area (Å²) in [6.07, 6.45) is 0.786. The Hall–Kier alpha value is -2.49. The van der Waals surface area contributed by atoms with Gasteiger partial charge in [0.2, 0.25) is 0 Å². The topological polar surface area (TPSA) is 44.8 Å². The summed E-state index contributed by atoms with van der Waals surface area (Å²) in [7, 11) is 1.63. The van der Waals surface area contributed by atoms with E-state index in [9.17, 15) is 4.79 Å². The maximum absolute atomic E-state index is 10.8. The molecule has 0 heterocycles. The Labute approximate surface area is 124 Å². The quantitative estimate of drug-likeness (QED) is 0.731. The lowest BCUT2D eigenvalue weighted by Gasteiger charge is -2.12. The van der Waals surface area contributed by atoms with Gasteiger partial charge in [0, 0.05) is 5.56 Å². The van der Waals surface area contributed by atoms with Crippen LogP contribution < -0.4 is 14.2 Å². The van der Waals surface area contributed by atoms with Crippen molar-refractivity contribution in [1.82, 2.24) is 0 Å². The first kappa shape index (κ1) is 14.9. The van der Waals surface area contributed by atoms with E-state index < -0.39 is 0 Å². The zero-order valence-corrected chi connectivity index (χ0v) is 12.2. The average Bonchev–Trinajstić information content (AvgIpc) is 2.54. The van der Waals surface area contributed by atoms with Gasteiger partial charge in [0.25, 0.3) is 0 Å². The smallest absolute Gasteiger partial charge is 0.161 e. The van der Waals surface area contributed by atoms with Gasteiger partial charge >= 0.3 is 0 Å². The second kappa shape index (κ2) is 7.33. The van der Waals surface area contributed by atoms with Crippen molar-refractivity contribution in [2.24, 2.45) is 0 Å². The molecule has 2 rings (SSSR count). The molecule has 21 heavy (non-hydrogen) atoms. The highest BCUT2D eigenvalue weighted by Gasteiger charge is 2.07. The minimum absolute atomic E-state index is 0.401. The third-order valence-electron chi connectivity index (χ3n) is 2.93. The minimum Gasteiger partial charge on any atom is -0.497 e. The van der Waals surface area contributed by atoms with Crippen LogP contribution in [0.5, 0.6) is 17.2 Å². The summed E-state index contributed by atoms with van der Waals surface area (Å²) in [5.74, 6) is 1.98. The maximum atomic E-state index is 10.8. The molecule has 0 atom stereocenters. The molecule has 4 heteroatoms. The van der Waals surface area contributed by atoms with Crippen LogP contribution in [0.1, 0.15) is 22.8 Å². The van der Waals surface area contributed by atoms with E-state index in [4.69, 9.17) is 14.2 Å². The minimum atomic E-state index is 0.401. The van der Waals surface area contributed by atoms with E-state index in [0.29, 0.717) is 30.3 Å². The third-order valence-corrected chi connectivity index (χ3v) is 2.93. The summed E-state index contributed by atoms with van der Waals surface area (Å²) < 4.78 is 16.5. The third kappa shape index (κ3) is 3.99. The van der Waals surface area contributed by atoms with Crippen LogP contribution in [0.25, 0.3) is 0 Å². The van der Waals surface area contributed by atoms with E-state index in [1.54, 1.807) is 25.3 Å². The molecule has 0 aromatic heterocycles. The number of methoxy groups -OCH3 is 1. The molecule has 0 aliphatic carbocycles. The summed E-state index contributed by atoms with van der Waals surface area (Å²) in [6.45, 7) is 2.80. The van der Waals surface area contributed by atoms with Gasteiger partial charge in [0.15, 0.2) is 11.5 Å². The number of carbonyl (C=O) groups is 1. The fraction of sp³-hybridized carbons (Fsp3) is 0.235. The predicted octanol–water partition coefficient (Wildman–Crippen LogP) is 3.49. The average molecular weight is 286 g/mol. The van der Waals surface area contributed by atoms with Gasteiger partial charge in [-0.3, -0.25) is 4.79 Å². The first-order valence-electron chi connectivity index (χ1n) is 6.74. The van der Waals surface area contributed by atoms with Gasteiger partial charge in [0.05, 0.1) is 13.7 Å². The van der Waals surface area contributed by atoms with Crippen molar-refractivity contribution in [3.63, 3.8) is 0 Å². The van der Waals surface area contributed by atoms with Crippen molar-refractivity contribution in [3.8, 4) is 17.2 Å². The molecule has 0 bridgehead atoms. The van der Waals surface area contributed by atoms with Gasteiger partial charge in [0.1, 0.15) is 18.6 Å². The zero-order chi connectivity index (χ0) is 15.1. The lowest BCUT2D eigenvalue weighted by molar-refractivity contribution is 0.112. The molecule has 0 N–H and O–H groups in total. The Balaban J connectivity index is 2.12. The maximum Gasteiger partial charge on any atom is 0.161 e. The molecule has 0 unspecified atom stereocenters. The summed E-state index contributed by atoms with van der Waals surface area (Å²) in [5.41, 5.74) is 1.56. The van der Waals surface area contributed by atoms with Crippen LogP contribution in [0.3, 0.4) is 0 Å². The zero-order valence-electron chi connectivity index (χ0n) is 12.2. The van der Waals surface area contributed by atoms with Crippen LogP contribution in [-0.2, 0) is 6.61 Å². The van der Waals surface area contributed by atoms with Gasteiger partial charge < -0.3 is 14.2 Å². The molecule has 0 spiro atoms. The molecule has 2 aromatic carbocycles. The number of hydrogen-bond donors (Lipinski definition) is 0. The molecule has 0 saturated heterocycles. The van der Waals surface area contributed by atoms with E-state index in [1.165, 1.54) is 0 Å². The number of benzene rings is 2. The van der Waals surface area contributed by atoms with Gasteiger partial charge in [-0.1, -0.05) is 12.1 Å². The highest BCUT2D eigenvalue weighted by atomic mass is 16.5. The van der Waals surface area contributed by atoms with Crippen LogP contribution in [0.15, 0.2) is 42.5 Å². The van der Waals surface area contributed by atoms with Crippen molar-refractivity contribution in [3.05, 3.63) is 53.6 Å². The second-order valence-corrected chi connectivity index (χ2v) is 4.40. The lowest BCUT2D eigenvalue weighted by Crippen LogP contribution is -2.00. The summed E-state index contributed by atoms with van der Waals surface area (Å²) in [5, 5.41) is 0. The van der Waals surface area contributed by atoms with Crippen molar-refractivity contribution in [1.29, 1.82) is 0 Å². The Bertz CT molecular complexity index is 607. The molecule has 0 aliphatic heterocycles. The standard InChI is InChI=1S/C17H18O4/c1-3-20-17-10-13(11-18)7-8-16(17)21-12-14-5-4-6-15(9-14)19-2/h4-11H,3,12H2,1-2H3. The van der Waals surface area contributed by atoms with Crippen LogP contribution in [0.4, 0.5) is 0 Å². The molecule has 0 saturated carbocycles. The van der Waals surface area contributed by atoms with Crippen LogP contribution in [-0.4, -0.2) is 20.0 Å². The Morgan fingerprint density at radius 2 is 1.90 bits per heavy atom. The van der Waals surface area contributed by atoms with Gasteiger partial charge in [-0.05, 0) is 42.8 Å². The molecular weight excluding hydrogens is 268 g/mol. The van der Waals surface area contributed by atoms with Gasteiger partial charge in [-0.2, -0.15) is 0 Å². The molecule has 0 aliphatic rings. The fourth-order valence-corrected chi connectivity index (χ4v) is 1.91. The van der Waals surface area contributed by atoms with Crippen LogP contribution >= 0.6 is 0 Å². The van der Waals surface area contributed by atoms with E-state index in [0.717, 1.165) is 17.6 Å². The summed E-state index contributed by atoms with van der Waals surface area (Å²) >= 11 is 0. The number of aldehydes is 1. The second-order valence-electron chi connectivity index (χ2n) is 4.40. The Morgan fingerprint density at radius 1 is 1.05 bits per heavy atom. The summed E-state index contributed by atoms with van der Waals surface area (Å²) in [4.78, 5) is 10.8. The Morgan fingerprint density at radius 3 is 2.62 bits per heavy atom. The van der Waals surface area contributed by atoms with Crippen molar-refractivity contribution >= 4 is 6.29 Å². The largest absolute Gasteiger partial charge is 0.497 e. The SMILES string of the molecule is CCOc1cc(C=O)ccc1OCc1cccc(OC)c1. The van der Waals surface area contributed by atoms with E-state index in [-0.39, 0.29) is 0 Å². The highest BCUT2D eigenvalue weighted by molar-refractivity contribution is 5.76. The van der Waals surface area contributed by atoms with Crippen molar-refractivity contribution in [2.75, 3.05) is 13.7 Å². The van der Waals surface area contributed by atoms with Gasteiger partial charge in [-0.15, -0.1) is 0 Å². The van der Waals surface area contributed by atoms with E-state index in [2.05, 4.69) is 0 Å². The molecule has 0 radical (unpaired) electrons. The number of hydrogen-bond acceptors (Lipinski definition) is 4. The molecule has 4 nitrogen and oxygen atoms in total. The monoisotopic (exact) mass is 286 g/mol. The number of carbonyl (C=O) groups excluding carboxylic acids is 1. The van der Waals surface area contributed by atoms with Crippen LogP contribution in [0.2, 0.25) is 0 Å². The van der Waals surface area contributed by atoms with E-state index in [1.807, 2.05) is 31.2 Å². The molecular formula is C17H18O4. The van der Waals surface area contributed by atoms with Gasteiger partial charge in [-0.25, -0.2) is 0 Å². The first-order chi connectivity index (χ1) is 10.3. The molecule has 0 amide bonds.